The van der Waals surface area contributed by atoms with Gasteiger partial charge in [0.2, 0.25) is 11.8 Å². The SMILES string of the molecule is CCc1ccc(NC(=O)Cn2cc(NC(=O)C3CC3)nn2)cc1. The fourth-order valence-corrected chi connectivity index (χ4v) is 2.18. The molecule has 2 N–H and O–H groups in total. The Kier molecular flexibility index (Phi) is 4.36. The Morgan fingerprint density at radius 1 is 1.22 bits per heavy atom. The van der Waals surface area contributed by atoms with E-state index in [0.717, 1.165) is 24.9 Å². The predicted octanol–water partition coefficient (Wildman–Crippen LogP) is 1.83. The number of benzene rings is 1. The predicted molar refractivity (Wildman–Crippen MR) is 85.8 cm³/mol. The van der Waals surface area contributed by atoms with Crippen molar-refractivity contribution in [2.45, 2.75) is 32.7 Å². The number of amides is 2. The molecule has 0 unspecified atom stereocenters. The number of nitrogens with one attached hydrogen (secondary N) is 2. The summed E-state index contributed by atoms with van der Waals surface area (Å²) in [5.41, 5.74) is 1.96. The van der Waals surface area contributed by atoms with Gasteiger partial charge in [0.05, 0.1) is 6.20 Å². The molecular formula is C16H19N5O2. The van der Waals surface area contributed by atoms with Crippen molar-refractivity contribution in [3.63, 3.8) is 0 Å². The van der Waals surface area contributed by atoms with Crippen LogP contribution in [0.15, 0.2) is 30.5 Å². The Morgan fingerprint density at radius 2 is 1.96 bits per heavy atom. The maximum Gasteiger partial charge on any atom is 0.246 e. The third-order valence-electron chi connectivity index (χ3n) is 3.69. The lowest BCUT2D eigenvalue weighted by Crippen LogP contribution is -2.19. The van der Waals surface area contributed by atoms with E-state index in [2.05, 4.69) is 27.9 Å². The summed E-state index contributed by atoms with van der Waals surface area (Å²) in [5.74, 6) is 0.258. The third-order valence-corrected chi connectivity index (χ3v) is 3.69. The molecule has 0 atom stereocenters. The average molecular weight is 313 g/mol. The van der Waals surface area contributed by atoms with E-state index in [1.807, 2.05) is 24.3 Å². The first-order valence-corrected chi connectivity index (χ1v) is 7.74. The van der Waals surface area contributed by atoms with Crippen LogP contribution in [-0.2, 0) is 22.6 Å². The van der Waals surface area contributed by atoms with Crippen LogP contribution in [0.5, 0.6) is 0 Å². The summed E-state index contributed by atoms with van der Waals surface area (Å²) >= 11 is 0. The van der Waals surface area contributed by atoms with E-state index in [0.29, 0.717) is 5.82 Å². The van der Waals surface area contributed by atoms with Crippen molar-refractivity contribution in [1.82, 2.24) is 15.0 Å². The van der Waals surface area contributed by atoms with Crippen molar-refractivity contribution < 1.29 is 9.59 Å². The Morgan fingerprint density at radius 3 is 2.61 bits per heavy atom. The van der Waals surface area contributed by atoms with Crippen molar-refractivity contribution in [2.75, 3.05) is 10.6 Å². The number of aryl methyl sites for hydroxylation is 1. The fraction of sp³-hybridized carbons (Fsp3) is 0.375. The van der Waals surface area contributed by atoms with Gasteiger partial charge in [0.15, 0.2) is 5.82 Å². The molecule has 1 fully saturated rings. The lowest BCUT2D eigenvalue weighted by molar-refractivity contribution is -0.117. The molecule has 1 aromatic carbocycles. The van der Waals surface area contributed by atoms with Crippen LogP contribution in [0.4, 0.5) is 11.5 Å². The highest BCUT2D eigenvalue weighted by Gasteiger charge is 2.30. The highest BCUT2D eigenvalue weighted by Crippen LogP contribution is 2.29. The summed E-state index contributed by atoms with van der Waals surface area (Å²) in [4.78, 5) is 23.6. The summed E-state index contributed by atoms with van der Waals surface area (Å²) in [6.45, 7) is 2.12. The van der Waals surface area contributed by atoms with E-state index < -0.39 is 0 Å². The normalized spacial score (nSPS) is 13.6. The van der Waals surface area contributed by atoms with Crippen LogP contribution in [0.1, 0.15) is 25.3 Å². The van der Waals surface area contributed by atoms with Gasteiger partial charge in [-0.25, -0.2) is 4.68 Å². The maximum absolute atomic E-state index is 12.0. The average Bonchev–Trinajstić information content (AvgIpc) is 3.31. The van der Waals surface area contributed by atoms with Gasteiger partial charge in [0.1, 0.15) is 6.54 Å². The van der Waals surface area contributed by atoms with Crippen LogP contribution >= 0.6 is 0 Å². The monoisotopic (exact) mass is 313 g/mol. The van der Waals surface area contributed by atoms with Crippen molar-refractivity contribution >= 4 is 23.3 Å². The van der Waals surface area contributed by atoms with Crippen LogP contribution in [0.2, 0.25) is 0 Å². The molecule has 0 saturated heterocycles. The summed E-state index contributed by atoms with van der Waals surface area (Å²) in [6, 6.07) is 7.71. The zero-order valence-electron chi connectivity index (χ0n) is 13.0. The molecule has 1 aliphatic carbocycles. The zero-order valence-corrected chi connectivity index (χ0v) is 13.0. The van der Waals surface area contributed by atoms with Crippen molar-refractivity contribution in [3.05, 3.63) is 36.0 Å². The number of carbonyl (C=O) groups is 2. The van der Waals surface area contributed by atoms with Gasteiger partial charge in [0.25, 0.3) is 0 Å². The number of aromatic nitrogens is 3. The number of anilines is 2. The van der Waals surface area contributed by atoms with Crippen LogP contribution in [0.3, 0.4) is 0 Å². The molecule has 3 rings (SSSR count). The Labute approximate surface area is 134 Å². The third kappa shape index (κ3) is 4.15. The zero-order chi connectivity index (χ0) is 16.2. The highest BCUT2D eigenvalue weighted by molar-refractivity contribution is 5.93. The van der Waals surface area contributed by atoms with Gasteiger partial charge in [0, 0.05) is 11.6 Å². The molecule has 0 aliphatic heterocycles. The molecule has 2 amide bonds. The van der Waals surface area contributed by atoms with E-state index in [-0.39, 0.29) is 24.3 Å². The smallest absolute Gasteiger partial charge is 0.246 e. The van der Waals surface area contributed by atoms with Crippen molar-refractivity contribution in [1.29, 1.82) is 0 Å². The summed E-state index contributed by atoms with van der Waals surface area (Å²) < 4.78 is 1.40. The minimum absolute atomic E-state index is 0.0301. The molecule has 0 bridgehead atoms. The molecule has 0 spiro atoms. The van der Waals surface area contributed by atoms with Crippen LogP contribution in [-0.4, -0.2) is 26.8 Å². The molecule has 1 aliphatic rings. The van der Waals surface area contributed by atoms with Gasteiger partial charge in [-0.2, -0.15) is 0 Å². The van der Waals surface area contributed by atoms with E-state index in [1.165, 1.54) is 10.2 Å². The first-order chi connectivity index (χ1) is 11.1. The number of hydrogen-bond acceptors (Lipinski definition) is 4. The van der Waals surface area contributed by atoms with Gasteiger partial charge >= 0.3 is 0 Å². The largest absolute Gasteiger partial charge is 0.324 e. The molecule has 1 saturated carbocycles. The van der Waals surface area contributed by atoms with Gasteiger partial charge in [-0.05, 0) is 37.0 Å². The summed E-state index contributed by atoms with van der Waals surface area (Å²) in [5, 5.41) is 13.2. The van der Waals surface area contributed by atoms with Gasteiger partial charge in [-0.3, -0.25) is 9.59 Å². The second-order valence-electron chi connectivity index (χ2n) is 5.66. The number of carbonyl (C=O) groups excluding carboxylic acids is 2. The van der Waals surface area contributed by atoms with Gasteiger partial charge in [-0.15, -0.1) is 5.10 Å². The topological polar surface area (TPSA) is 88.9 Å². The number of hydrogen-bond donors (Lipinski definition) is 2. The molecule has 1 aromatic heterocycles. The molecule has 7 nitrogen and oxygen atoms in total. The Hall–Kier alpha value is -2.70. The molecular weight excluding hydrogens is 294 g/mol. The molecule has 120 valence electrons. The number of nitrogens with zero attached hydrogens (tertiary/aromatic N) is 3. The lowest BCUT2D eigenvalue weighted by Gasteiger charge is -2.05. The molecule has 1 heterocycles. The fourth-order valence-electron chi connectivity index (χ4n) is 2.18. The maximum atomic E-state index is 12.0. The van der Waals surface area contributed by atoms with Crippen LogP contribution in [0.25, 0.3) is 0 Å². The van der Waals surface area contributed by atoms with E-state index in [9.17, 15) is 9.59 Å². The minimum Gasteiger partial charge on any atom is -0.324 e. The molecule has 7 heteroatoms. The quantitative estimate of drug-likeness (QED) is 0.851. The summed E-state index contributed by atoms with van der Waals surface area (Å²) in [6.07, 6.45) is 4.38. The standard InChI is InChI=1S/C16H19N5O2/c1-2-11-3-7-13(8-4-11)17-15(22)10-21-9-14(19-20-21)18-16(23)12-5-6-12/h3-4,7-9,12H,2,5-6,10H2,1H3,(H,17,22)(H,18,23). The lowest BCUT2D eigenvalue weighted by atomic mass is 10.1. The molecule has 2 aromatic rings. The minimum atomic E-state index is -0.195. The van der Waals surface area contributed by atoms with E-state index >= 15 is 0 Å². The first kappa shape index (κ1) is 15.2. The van der Waals surface area contributed by atoms with Gasteiger partial charge < -0.3 is 10.6 Å². The molecule has 0 radical (unpaired) electrons. The van der Waals surface area contributed by atoms with E-state index in [4.69, 9.17) is 0 Å². The Bertz CT molecular complexity index is 704. The molecule has 23 heavy (non-hydrogen) atoms. The number of rotatable bonds is 6. The second kappa shape index (κ2) is 6.60. The van der Waals surface area contributed by atoms with Crippen LogP contribution in [0, 0.1) is 5.92 Å². The van der Waals surface area contributed by atoms with Crippen LogP contribution < -0.4 is 10.6 Å². The first-order valence-electron chi connectivity index (χ1n) is 7.74. The van der Waals surface area contributed by atoms with E-state index in [1.54, 1.807) is 6.20 Å². The highest BCUT2D eigenvalue weighted by atomic mass is 16.2. The van der Waals surface area contributed by atoms with Gasteiger partial charge in [-0.1, -0.05) is 24.3 Å². The second-order valence-corrected chi connectivity index (χ2v) is 5.66. The Balaban J connectivity index is 1.52. The van der Waals surface area contributed by atoms with Crippen molar-refractivity contribution in [3.8, 4) is 0 Å². The van der Waals surface area contributed by atoms with Crippen molar-refractivity contribution in [2.24, 2.45) is 5.92 Å². The summed E-state index contributed by atoms with van der Waals surface area (Å²) in [7, 11) is 0.